The van der Waals surface area contributed by atoms with Crippen molar-refractivity contribution in [1.82, 2.24) is 5.32 Å². The first-order valence-electron chi connectivity index (χ1n) is 11.8. The Morgan fingerprint density at radius 1 is 1.09 bits per heavy atom. The number of hydrogen-bond acceptors (Lipinski definition) is 6. The summed E-state index contributed by atoms with van der Waals surface area (Å²) >= 11 is 0. The zero-order valence-electron chi connectivity index (χ0n) is 20.2. The van der Waals surface area contributed by atoms with Gasteiger partial charge in [0.05, 0.1) is 19.3 Å². The molecule has 1 heterocycles. The van der Waals surface area contributed by atoms with Crippen molar-refractivity contribution in [2.75, 3.05) is 26.9 Å². The number of ether oxygens (including phenoxy) is 3. The zero-order chi connectivity index (χ0) is 24.9. The van der Waals surface area contributed by atoms with Crippen LogP contribution in [0.2, 0.25) is 0 Å². The molecule has 2 aliphatic rings. The van der Waals surface area contributed by atoms with Gasteiger partial charge in [0.15, 0.2) is 5.78 Å². The number of rotatable bonds is 8. The van der Waals surface area contributed by atoms with E-state index in [9.17, 15) is 14.0 Å². The van der Waals surface area contributed by atoms with Crippen LogP contribution < -0.4 is 10.1 Å². The molecular formula is C28H30FNO5. The minimum Gasteiger partial charge on any atom is -0.497 e. The maximum atomic E-state index is 14.2. The highest BCUT2D eigenvalue weighted by molar-refractivity contribution is 6.04. The maximum Gasteiger partial charge on any atom is 0.336 e. The van der Waals surface area contributed by atoms with Crippen molar-refractivity contribution in [3.8, 4) is 5.75 Å². The van der Waals surface area contributed by atoms with E-state index in [4.69, 9.17) is 14.2 Å². The molecule has 0 saturated heterocycles. The molecule has 4 rings (SSSR count). The van der Waals surface area contributed by atoms with Gasteiger partial charge in [-0.1, -0.05) is 24.3 Å². The molecule has 7 heteroatoms. The molecule has 2 aromatic rings. The summed E-state index contributed by atoms with van der Waals surface area (Å²) in [6, 6.07) is 13.8. The fraction of sp³-hybridized carbons (Fsp3) is 0.357. The van der Waals surface area contributed by atoms with E-state index in [0.29, 0.717) is 41.9 Å². The van der Waals surface area contributed by atoms with E-state index in [1.165, 1.54) is 12.1 Å². The Morgan fingerprint density at radius 3 is 2.54 bits per heavy atom. The van der Waals surface area contributed by atoms with Crippen molar-refractivity contribution in [3.63, 3.8) is 0 Å². The van der Waals surface area contributed by atoms with Gasteiger partial charge in [0, 0.05) is 35.9 Å². The third-order valence-electron chi connectivity index (χ3n) is 6.48. The van der Waals surface area contributed by atoms with Crippen LogP contribution in [0.1, 0.15) is 49.7 Å². The van der Waals surface area contributed by atoms with Gasteiger partial charge in [-0.25, -0.2) is 9.18 Å². The molecular weight excluding hydrogens is 449 g/mol. The number of carbonyl (C=O) groups excluding carboxylic acids is 2. The number of allylic oxidation sites excluding steroid dienone is 3. The number of Topliss-reactive ketones (excluding diaryl/α,β-unsaturated/α-hetero) is 1. The lowest BCUT2D eigenvalue weighted by atomic mass is 9.71. The molecule has 2 atom stereocenters. The molecule has 2 aromatic carbocycles. The van der Waals surface area contributed by atoms with Crippen LogP contribution in [0.25, 0.3) is 0 Å². The number of esters is 1. The molecule has 0 radical (unpaired) electrons. The summed E-state index contributed by atoms with van der Waals surface area (Å²) in [5.74, 6) is -0.999. The molecule has 184 valence electrons. The smallest absolute Gasteiger partial charge is 0.336 e. The highest BCUT2D eigenvalue weighted by Crippen LogP contribution is 2.45. The van der Waals surface area contributed by atoms with E-state index in [0.717, 1.165) is 17.0 Å². The average Bonchev–Trinajstić information content (AvgIpc) is 2.85. The first-order chi connectivity index (χ1) is 16.9. The Balaban J connectivity index is 1.69. The fourth-order valence-electron chi connectivity index (χ4n) is 4.86. The normalized spacial score (nSPS) is 19.8. The summed E-state index contributed by atoms with van der Waals surface area (Å²) < 4.78 is 30.2. The van der Waals surface area contributed by atoms with Gasteiger partial charge in [-0.2, -0.15) is 0 Å². The Labute approximate surface area is 204 Å². The highest BCUT2D eigenvalue weighted by atomic mass is 19.1. The summed E-state index contributed by atoms with van der Waals surface area (Å²) in [6.45, 7) is 4.55. The van der Waals surface area contributed by atoms with Crippen LogP contribution in [-0.2, 0) is 19.1 Å². The van der Waals surface area contributed by atoms with Gasteiger partial charge < -0.3 is 19.5 Å². The topological polar surface area (TPSA) is 73.9 Å². The number of carbonyl (C=O) groups is 2. The quantitative estimate of drug-likeness (QED) is 0.434. The molecule has 1 N–H and O–H groups in total. The lowest BCUT2D eigenvalue weighted by molar-refractivity contribution is -0.140. The Kier molecular flexibility index (Phi) is 7.66. The molecule has 0 unspecified atom stereocenters. The van der Waals surface area contributed by atoms with Crippen molar-refractivity contribution in [3.05, 3.63) is 88.0 Å². The Bertz CT molecular complexity index is 1170. The average molecular weight is 480 g/mol. The summed E-state index contributed by atoms with van der Waals surface area (Å²) in [6.07, 6.45) is 0.896. The number of halogens is 1. The lowest BCUT2D eigenvalue weighted by Gasteiger charge is -2.36. The molecule has 0 saturated carbocycles. The molecule has 35 heavy (non-hydrogen) atoms. The van der Waals surface area contributed by atoms with Crippen LogP contribution in [0.3, 0.4) is 0 Å². The van der Waals surface area contributed by atoms with E-state index in [1.54, 1.807) is 26.2 Å². The van der Waals surface area contributed by atoms with Gasteiger partial charge in [-0.3, -0.25) is 4.79 Å². The van der Waals surface area contributed by atoms with Crippen LogP contribution in [0.15, 0.2) is 71.1 Å². The summed E-state index contributed by atoms with van der Waals surface area (Å²) in [7, 11) is 1.61. The first-order valence-corrected chi connectivity index (χ1v) is 11.8. The van der Waals surface area contributed by atoms with Crippen LogP contribution in [0.4, 0.5) is 4.39 Å². The molecule has 1 aliphatic heterocycles. The van der Waals surface area contributed by atoms with Gasteiger partial charge in [-0.05, 0) is 61.6 Å². The standard InChI is InChI=1S/C28H30FNO5/c1-4-34-12-13-35-28(32)25-17(2)30-23-15-20(18-8-10-22(33-3)11-9-18)16-24(31)27(23)26(25)19-6-5-7-21(29)14-19/h5-11,14,20,26,30H,4,12-13,15-16H2,1-3H3/t20-,26-/m1/s1. The van der Waals surface area contributed by atoms with Gasteiger partial charge in [-0.15, -0.1) is 0 Å². The largest absolute Gasteiger partial charge is 0.497 e. The molecule has 0 amide bonds. The van der Waals surface area contributed by atoms with Crippen molar-refractivity contribution in [1.29, 1.82) is 0 Å². The molecule has 0 bridgehead atoms. The summed E-state index contributed by atoms with van der Waals surface area (Å²) in [5.41, 5.74) is 3.77. The number of ketones is 1. The van der Waals surface area contributed by atoms with Crippen molar-refractivity contribution in [2.24, 2.45) is 0 Å². The van der Waals surface area contributed by atoms with Crippen molar-refractivity contribution >= 4 is 11.8 Å². The molecule has 1 aliphatic carbocycles. The van der Waals surface area contributed by atoms with Crippen LogP contribution in [-0.4, -0.2) is 38.7 Å². The number of hydrogen-bond donors (Lipinski definition) is 1. The second-order valence-electron chi connectivity index (χ2n) is 8.68. The van der Waals surface area contributed by atoms with Crippen LogP contribution in [0, 0.1) is 5.82 Å². The number of dihydropyridines is 1. The molecule has 0 spiro atoms. The third-order valence-corrected chi connectivity index (χ3v) is 6.48. The van der Waals surface area contributed by atoms with Crippen LogP contribution in [0.5, 0.6) is 5.75 Å². The fourth-order valence-corrected chi connectivity index (χ4v) is 4.86. The second-order valence-corrected chi connectivity index (χ2v) is 8.68. The Hall–Kier alpha value is -3.45. The molecule has 6 nitrogen and oxygen atoms in total. The molecule has 0 fully saturated rings. The summed E-state index contributed by atoms with van der Waals surface area (Å²) in [4.78, 5) is 26.7. The number of methoxy groups -OCH3 is 1. The number of benzene rings is 2. The maximum absolute atomic E-state index is 14.2. The van der Waals surface area contributed by atoms with Crippen molar-refractivity contribution < 1.29 is 28.2 Å². The first kappa shape index (κ1) is 24.7. The monoisotopic (exact) mass is 479 g/mol. The predicted octanol–water partition coefficient (Wildman–Crippen LogP) is 4.78. The van der Waals surface area contributed by atoms with E-state index in [-0.39, 0.29) is 24.9 Å². The molecule has 0 aromatic heterocycles. The third kappa shape index (κ3) is 5.30. The van der Waals surface area contributed by atoms with E-state index in [2.05, 4.69) is 5.32 Å². The van der Waals surface area contributed by atoms with Crippen LogP contribution >= 0.6 is 0 Å². The van der Waals surface area contributed by atoms with Gasteiger partial charge in [0.25, 0.3) is 0 Å². The van der Waals surface area contributed by atoms with Gasteiger partial charge >= 0.3 is 5.97 Å². The van der Waals surface area contributed by atoms with Gasteiger partial charge in [0.1, 0.15) is 18.2 Å². The predicted molar refractivity (Wildman–Crippen MR) is 129 cm³/mol. The minimum absolute atomic E-state index is 0.0136. The summed E-state index contributed by atoms with van der Waals surface area (Å²) in [5, 5.41) is 3.31. The number of nitrogens with one attached hydrogen (secondary N) is 1. The van der Waals surface area contributed by atoms with E-state index in [1.807, 2.05) is 31.2 Å². The van der Waals surface area contributed by atoms with Gasteiger partial charge in [0.2, 0.25) is 0 Å². The zero-order valence-corrected chi connectivity index (χ0v) is 20.2. The highest BCUT2D eigenvalue weighted by Gasteiger charge is 2.41. The lowest BCUT2D eigenvalue weighted by Crippen LogP contribution is -2.36. The van der Waals surface area contributed by atoms with E-state index >= 15 is 0 Å². The SMILES string of the molecule is CCOCCOC(=O)C1=C(C)NC2=C(C(=O)C[C@H](c3ccc(OC)cc3)C2)[C@@H]1c1cccc(F)c1. The Morgan fingerprint density at radius 2 is 1.86 bits per heavy atom. The van der Waals surface area contributed by atoms with E-state index < -0.39 is 17.7 Å². The van der Waals surface area contributed by atoms with Crippen molar-refractivity contribution in [2.45, 2.75) is 38.5 Å². The minimum atomic E-state index is -0.703. The second kappa shape index (κ2) is 10.9.